The highest BCUT2D eigenvalue weighted by Crippen LogP contribution is 2.25. The van der Waals surface area contributed by atoms with E-state index in [0.29, 0.717) is 18.4 Å². The lowest BCUT2D eigenvalue weighted by atomic mass is 9.91. The van der Waals surface area contributed by atoms with Crippen LogP contribution in [0.1, 0.15) is 73.1 Å². The van der Waals surface area contributed by atoms with Gasteiger partial charge in [-0.05, 0) is 43.4 Å². The lowest BCUT2D eigenvalue weighted by molar-refractivity contribution is -0.150. The van der Waals surface area contributed by atoms with Gasteiger partial charge in [0.25, 0.3) is 0 Å². The Labute approximate surface area is 166 Å². The molecule has 0 aromatic carbocycles. The van der Waals surface area contributed by atoms with E-state index in [9.17, 15) is 9.59 Å². The van der Waals surface area contributed by atoms with Crippen LogP contribution in [0, 0.1) is 17.8 Å². The first-order valence-electron chi connectivity index (χ1n) is 11.2. The number of piperazine rings is 1. The lowest BCUT2D eigenvalue weighted by Gasteiger charge is -2.42. The van der Waals surface area contributed by atoms with Gasteiger partial charge in [0.1, 0.15) is 6.04 Å². The van der Waals surface area contributed by atoms with Gasteiger partial charge in [0.2, 0.25) is 11.8 Å². The summed E-state index contributed by atoms with van der Waals surface area (Å²) in [7, 11) is 0. The minimum absolute atomic E-state index is 0.120. The van der Waals surface area contributed by atoms with E-state index in [0.717, 1.165) is 51.2 Å². The highest BCUT2D eigenvalue weighted by atomic mass is 16.2. The van der Waals surface area contributed by atoms with Gasteiger partial charge in [0.05, 0.1) is 6.04 Å². The summed E-state index contributed by atoms with van der Waals surface area (Å²) in [5.41, 5.74) is 0. The summed E-state index contributed by atoms with van der Waals surface area (Å²) in [5, 5.41) is 3.36. The predicted octanol–water partition coefficient (Wildman–Crippen LogP) is 3.29. The van der Waals surface area contributed by atoms with Crippen molar-refractivity contribution in [2.45, 2.75) is 85.2 Å². The summed E-state index contributed by atoms with van der Waals surface area (Å²) in [6.45, 7) is 13.9. The molecule has 0 aliphatic carbocycles. The first kappa shape index (κ1) is 22.2. The molecule has 0 aromatic heterocycles. The van der Waals surface area contributed by atoms with Gasteiger partial charge in [0, 0.05) is 26.2 Å². The van der Waals surface area contributed by atoms with Crippen LogP contribution in [0.25, 0.3) is 0 Å². The van der Waals surface area contributed by atoms with Crippen molar-refractivity contribution in [3.8, 4) is 0 Å². The van der Waals surface area contributed by atoms with E-state index in [1.165, 1.54) is 12.8 Å². The van der Waals surface area contributed by atoms with Crippen LogP contribution in [0.3, 0.4) is 0 Å². The molecule has 2 heterocycles. The molecule has 0 unspecified atom stereocenters. The number of piperidine rings is 1. The fourth-order valence-corrected chi connectivity index (χ4v) is 4.59. The normalized spacial score (nSPS) is 23.4. The summed E-state index contributed by atoms with van der Waals surface area (Å²) in [6.07, 6.45) is 6.30. The highest BCUT2D eigenvalue weighted by molar-refractivity contribution is 5.90. The number of amides is 2. The molecule has 0 radical (unpaired) electrons. The Balaban J connectivity index is 2.07. The average molecular weight is 380 g/mol. The van der Waals surface area contributed by atoms with E-state index in [-0.39, 0.29) is 23.9 Å². The minimum atomic E-state index is -0.294. The summed E-state index contributed by atoms with van der Waals surface area (Å²) < 4.78 is 0. The first-order chi connectivity index (χ1) is 12.8. The van der Waals surface area contributed by atoms with Gasteiger partial charge in [-0.2, -0.15) is 0 Å². The second kappa shape index (κ2) is 10.4. The largest absolute Gasteiger partial charge is 0.341 e. The van der Waals surface area contributed by atoms with E-state index >= 15 is 0 Å². The number of rotatable bonds is 8. The van der Waals surface area contributed by atoms with Crippen LogP contribution < -0.4 is 5.32 Å². The van der Waals surface area contributed by atoms with Crippen molar-refractivity contribution in [3.63, 3.8) is 0 Å². The molecule has 0 spiro atoms. The third-order valence-corrected chi connectivity index (χ3v) is 6.01. The van der Waals surface area contributed by atoms with Crippen LogP contribution in [0.4, 0.5) is 0 Å². The Bertz CT molecular complexity index is 484. The number of carbonyl (C=O) groups excluding carboxylic acids is 2. The molecule has 0 aromatic rings. The molecule has 2 fully saturated rings. The molecule has 156 valence electrons. The fourth-order valence-electron chi connectivity index (χ4n) is 4.59. The maximum absolute atomic E-state index is 13.4. The summed E-state index contributed by atoms with van der Waals surface area (Å²) >= 11 is 0. The van der Waals surface area contributed by atoms with Crippen molar-refractivity contribution in [2.24, 2.45) is 17.8 Å². The molecule has 2 amide bonds. The molecule has 0 bridgehead atoms. The van der Waals surface area contributed by atoms with Crippen molar-refractivity contribution >= 4 is 11.8 Å². The fraction of sp³-hybridized carbons (Fsp3) is 0.909. The van der Waals surface area contributed by atoms with Crippen molar-refractivity contribution < 1.29 is 9.59 Å². The molecule has 5 nitrogen and oxygen atoms in total. The third-order valence-electron chi connectivity index (χ3n) is 6.01. The Morgan fingerprint density at radius 2 is 1.78 bits per heavy atom. The molecular weight excluding hydrogens is 338 g/mol. The SMILES string of the molecule is CCCC1CCN(C(=O)[C@H](CC(C)C)N2CCN[C@@H](CC(C)C)C2=O)CC1. The maximum Gasteiger partial charge on any atom is 0.245 e. The molecule has 0 saturated carbocycles. The second-order valence-corrected chi connectivity index (χ2v) is 9.37. The Morgan fingerprint density at radius 3 is 2.33 bits per heavy atom. The van der Waals surface area contributed by atoms with Crippen LogP contribution in [0.15, 0.2) is 0 Å². The van der Waals surface area contributed by atoms with E-state index in [1.54, 1.807) is 0 Å². The van der Waals surface area contributed by atoms with Crippen molar-refractivity contribution in [2.75, 3.05) is 26.2 Å². The minimum Gasteiger partial charge on any atom is -0.341 e. The van der Waals surface area contributed by atoms with Crippen molar-refractivity contribution in [1.29, 1.82) is 0 Å². The van der Waals surface area contributed by atoms with Gasteiger partial charge >= 0.3 is 0 Å². The van der Waals surface area contributed by atoms with Crippen LogP contribution in [-0.2, 0) is 9.59 Å². The number of likely N-dealkylation sites (tertiary alicyclic amines) is 1. The highest BCUT2D eigenvalue weighted by Gasteiger charge is 2.39. The van der Waals surface area contributed by atoms with Gasteiger partial charge in [0.15, 0.2) is 0 Å². The van der Waals surface area contributed by atoms with Crippen molar-refractivity contribution in [1.82, 2.24) is 15.1 Å². The summed E-state index contributed by atoms with van der Waals surface area (Å²) in [5.74, 6) is 1.91. The van der Waals surface area contributed by atoms with E-state index < -0.39 is 0 Å². The Hall–Kier alpha value is -1.10. The lowest BCUT2D eigenvalue weighted by Crippen LogP contribution is -2.62. The molecule has 5 heteroatoms. The van der Waals surface area contributed by atoms with E-state index in [2.05, 4.69) is 39.9 Å². The van der Waals surface area contributed by atoms with E-state index in [4.69, 9.17) is 0 Å². The van der Waals surface area contributed by atoms with Crippen molar-refractivity contribution in [3.05, 3.63) is 0 Å². The van der Waals surface area contributed by atoms with Gasteiger partial charge < -0.3 is 15.1 Å². The molecular formula is C22H41N3O2. The number of carbonyl (C=O) groups is 2. The number of nitrogens with one attached hydrogen (secondary N) is 1. The smallest absolute Gasteiger partial charge is 0.245 e. The third kappa shape index (κ3) is 6.20. The van der Waals surface area contributed by atoms with Crippen LogP contribution in [0.5, 0.6) is 0 Å². The standard InChI is InChI=1S/C22H41N3O2/c1-6-7-18-8-11-24(12-9-18)22(27)20(15-17(4)5)25-13-10-23-19(21(25)26)14-16(2)3/h16-20,23H,6-15H2,1-5H3/t19-,20-/m0/s1. The van der Waals surface area contributed by atoms with Crippen LogP contribution in [-0.4, -0.2) is 59.9 Å². The molecule has 1 N–H and O–H groups in total. The number of hydrogen-bond acceptors (Lipinski definition) is 3. The Kier molecular flexibility index (Phi) is 8.59. The zero-order valence-electron chi connectivity index (χ0n) is 18.2. The zero-order valence-corrected chi connectivity index (χ0v) is 18.2. The average Bonchev–Trinajstić information content (AvgIpc) is 2.61. The van der Waals surface area contributed by atoms with Crippen LogP contribution in [0.2, 0.25) is 0 Å². The molecule has 2 atom stereocenters. The Morgan fingerprint density at radius 1 is 1.11 bits per heavy atom. The quantitative estimate of drug-likeness (QED) is 0.704. The van der Waals surface area contributed by atoms with Gasteiger partial charge in [-0.3, -0.25) is 9.59 Å². The maximum atomic E-state index is 13.4. The number of nitrogens with zero attached hydrogens (tertiary/aromatic N) is 2. The van der Waals surface area contributed by atoms with Gasteiger partial charge in [-0.15, -0.1) is 0 Å². The van der Waals surface area contributed by atoms with E-state index in [1.807, 2.05) is 9.80 Å². The number of hydrogen-bond donors (Lipinski definition) is 1. The van der Waals surface area contributed by atoms with Gasteiger partial charge in [-0.1, -0.05) is 47.5 Å². The molecule has 2 saturated heterocycles. The predicted molar refractivity (Wildman–Crippen MR) is 110 cm³/mol. The summed E-state index contributed by atoms with van der Waals surface area (Å²) in [4.78, 5) is 30.4. The molecule has 27 heavy (non-hydrogen) atoms. The van der Waals surface area contributed by atoms with Gasteiger partial charge in [-0.25, -0.2) is 0 Å². The zero-order chi connectivity index (χ0) is 20.0. The second-order valence-electron chi connectivity index (χ2n) is 9.37. The monoisotopic (exact) mass is 379 g/mol. The topological polar surface area (TPSA) is 52.7 Å². The first-order valence-corrected chi connectivity index (χ1v) is 11.2. The molecule has 2 aliphatic rings. The van der Waals surface area contributed by atoms with Crippen LogP contribution >= 0.6 is 0 Å². The summed E-state index contributed by atoms with van der Waals surface area (Å²) in [6, 6.07) is -0.437. The molecule has 2 aliphatic heterocycles. The molecule has 2 rings (SSSR count).